The minimum absolute atomic E-state index is 0.108. The van der Waals surface area contributed by atoms with E-state index >= 15 is 0 Å². The standard InChI is InChI=1S/C12H21N3O2S2/c1-9-14-8-12(18-9)19(16,17)15(3)11-6-4-10(13-2)5-7-11/h8,10-11,13H,4-7H2,1-3H3. The van der Waals surface area contributed by atoms with Crippen LogP contribution in [0.1, 0.15) is 30.7 Å². The molecule has 0 aliphatic heterocycles. The van der Waals surface area contributed by atoms with Gasteiger partial charge in [-0.2, -0.15) is 4.31 Å². The van der Waals surface area contributed by atoms with Gasteiger partial charge in [0.1, 0.15) is 0 Å². The summed E-state index contributed by atoms with van der Waals surface area (Å²) in [7, 11) is 0.280. The molecule has 0 bridgehead atoms. The van der Waals surface area contributed by atoms with Crippen LogP contribution in [0.15, 0.2) is 10.4 Å². The van der Waals surface area contributed by atoms with E-state index in [1.54, 1.807) is 7.05 Å². The van der Waals surface area contributed by atoms with E-state index < -0.39 is 10.0 Å². The molecule has 0 atom stereocenters. The lowest BCUT2D eigenvalue weighted by Crippen LogP contribution is -2.42. The summed E-state index contributed by atoms with van der Waals surface area (Å²) < 4.78 is 26.8. The van der Waals surface area contributed by atoms with Crippen molar-refractivity contribution >= 4 is 21.4 Å². The molecule has 0 spiro atoms. The highest BCUT2D eigenvalue weighted by Crippen LogP contribution is 2.28. The lowest BCUT2D eigenvalue weighted by molar-refractivity contribution is 0.255. The summed E-state index contributed by atoms with van der Waals surface area (Å²) in [6.45, 7) is 1.82. The van der Waals surface area contributed by atoms with Gasteiger partial charge in [0.05, 0.1) is 11.2 Å². The Hall–Kier alpha value is -0.500. The Labute approximate surface area is 119 Å². The van der Waals surface area contributed by atoms with E-state index in [1.165, 1.54) is 21.8 Å². The summed E-state index contributed by atoms with van der Waals surface area (Å²) in [4.78, 5) is 4.04. The van der Waals surface area contributed by atoms with Crippen molar-refractivity contribution in [3.63, 3.8) is 0 Å². The Morgan fingerprint density at radius 1 is 1.37 bits per heavy atom. The molecular weight excluding hydrogens is 282 g/mol. The van der Waals surface area contributed by atoms with Crippen molar-refractivity contribution < 1.29 is 8.42 Å². The van der Waals surface area contributed by atoms with Crippen molar-refractivity contribution in [2.75, 3.05) is 14.1 Å². The molecule has 0 radical (unpaired) electrons. The third-order valence-electron chi connectivity index (χ3n) is 3.85. The van der Waals surface area contributed by atoms with E-state index in [0.29, 0.717) is 10.3 Å². The van der Waals surface area contributed by atoms with Crippen molar-refractivity contribution in [3.8, 4) is 0 Å². The molecule has 1 aromatic heterocycles. The first-order valence-corrected chi connectivity index (χ1v) is 8.78. The number of thiazole rings is 1. The predicted octanol–water partition coefficient (Wildman–Crippen LogP) is 1.60. The number of aryl methyl sites for hydroxylation is 1. The Bertz CT molecular complexity index is 519. The van der Waals surface area contributed by atoms with Crippen LogP contribution < -0.4 is 5.32 Å². The molecule has 2 rings (SSSR count). The number of aromatic nitrogens is 1. The van der Waals surface area contributed by atoms with Crippen LogP contribution in [0.3, 0.4) is 0 Å². The maximum absolute atomic E-state index is 12.5. The topological polar surface area (TPSA) is 62.3 Å². The molecule has 0 saturated heterocycles. The third-order valence-corrected chi connectivity index (χ3v) is 7.11. The van der Waals surface area contributed by atoms with Gasteiger partial charge in [-0.3, -0.25) is 0 Å². The van der Waals surface area contributed by atoms with Gasteiger partial charge in [0, 0.05) is 19.1 Å². The molecule has 7 heteroatoms. The second-order valence-corrected chi connectivity index (χ2v) is 8.47. The summed E-state index contributed by atoms with van der Waals surface area (Å²) in [6, 6.07) is 0.634. The van der Waals surface area contributed by atoms with E-state index in [1.807, 2.05) is 14.0 Å². The first kappa shape index (κ1) is 14.9. The van der Waals surface area contributed by atoms with Crippen LogP contribution in [0.4, 0.5) is 0 Å². The maximum atomic E-state index is 12.5. The average Bonchev–Trinajstić information content (AvgIpc) is 2.85. The van der Waals surface area contributed by atoms with Crippen LogP contribution in [-0.2, 0) is 10.0 Å². The normalized spacial score (nSPS) is 24.8. The lowest BCUT2D eigenvalue weighted by Gasteiger charge is -2.33. The molecule has 0 unspecified atom stereocenters. The van der Waals surface area contributed by atoms with Crippen LogP contribution in [-0.4, -0.2) is 43.9 Å². The number of sulfonamides is 1. The number of hydrogen-bond donors (Lipinski definition) is 1. The van der Waals surface area contributed by atoms with Crippen LogP contribution in [0, 0.1) is 6.92 Å². The second-order valence-electron chi connectivity index (χ2n) is 5.01. The van der Waals surface area contributed by atoms with E-state index in [0.717, 1.165) is 30.7 Å². The maximum Gasteiger partial charge on any atom is 0.254 e. The van der Waals surface area contributed by atoms with Crippen molar-refractivity contribution in [2.24, 2.45) is 0 Å². The highest BCUT2D eigenvalue weighted by Gasteiger charge is 2.32. The molecule has 1 aliphatic carbocycles. The molecule has 0 aromatic carbocycles. The van der Waals surface area contributed by atoms with Crippen molar-refractivity contribution in [2.45, 2.75) is 48.9 Å². The van der Waals surface area contributed by atoms with Crippen molar-refractivity contribution in [1.82, 2.24) is 14.6 Å². The quantitative estimate of drug-likeness (QED) is 0.918. The molecular formula is C12H21N3O2S2. The van der Waals surface area contributed by atoms with Gasteiger partial charge in [-0.15, -0.1) is 11.3 Å². The highest BCUT2D eigenvalue weighted by molar-refractivity contribution is 7.91. The number of hydrogen-bond acceptors (Lipinski definition) is 5. The minimum Gasteiger partial charge on any atom is -0.317 e. The molecule has 1 N–H and O–H groups in total. The van der Waals surface area contributed by atoms with Gasteiger partial charge in [0.25, 0.3) is 10.0 Å². The summed E-state index contributed by atoms with van der Waals surface area (Å²) in [5, 5.41) is 4.04. The van der Waals surface area contributed by atoms with Crippen molar-refractivity contribution in [1.29, 1.82) is 0 Å². The minimum atomic E-state index is -3.37. The molecule has 5 nitrogen and oxygen atoms in total. The molecule has 1 fully saturated rings. The zero-order chi connectivity index (χ0) is 14.0. The van der Waals surface area contributed by atoms with E-state index in [9.17, 15) is 8.42 Å². The van der Waals surface area contributed by atoms with Gasteiger partial charge in [0.2, 0.25) is 0 Å². The molecule has 1 aliphatic rings. The Kier molecular flexibility index (Phi) is 4.60. The average molecular weight is 303 g/mol. The van der Waals surface area contributed by atoms with E-state index in [-0.39, 0.29) is 6.04 Å². The van der Waals surface area contributed by atoms with Gasteiger partial charge in [-0.1, -0.05) is 0 Å². The second kappa shape index (κ2) is 5.87. The molecule has 19 heavy (non-hydrogen) atoms. The number of rotatable bonds is 4. The van der Waals surface area contributed by atoms with Gasteiger partial charge < -0.3 is 5.32 Å². The van der Waals surface area contributed by atoms with Crippen LogP contribution >= 0.6 is 11.3 Å². The number of nitrogens with zero attached hydrogens (tertiary/aromatic N) is 2. The monoisotopic (exact) mass is 303 g/mol. The Morgan fingerprint density at radius 2 is 2.00 bits per heavy atom. The summed E-state index contributed by atoms with van der Waals surface area (Å²) in [6.07, 6.45) is 5.36. The van der Waals surface area contributed by atoms with Gasteiger partial charge in [-0.05, 0) is 39.7 Å². The van der Waals surface area contributed by atoms with Gasteiger partial charge in [-0.25, -0.2) is 13.4 Å². The Balaban J connectivity index is 2.09. The van der Waals surface area contributed by atoms with Crippen LogP contribution in [0.25, 0.3) is 0 Å². The molecule has 1 saturated carbocycles. The summed E-state index contributed by atoms with van der Waals surface area (Å²) in [5.41, 5.74) is 0. The Morgan fingerprint density at radius 3 is 2.47 bits per heavy atom. The molecule has 108 valence electrons. The fourth-order valence-electron chi connectivity index (χ4n) is 2.53. The zero-order valence-corrected chi connectivity index (χ0v) is 13.2. The molecule has 1 aromatic rings. The van der Waals surface area contributed by atoms with Gasteiger partial charge in [0.15, 0.2) is 4.21 Å². The third kappa shape index (κ3) is 3.16. The lowest BCUT2D eigenvalue weighted by atomic mass is 9.91. The summed E-state index contributed by atoms with van der Waals surface area (Å²) in [5.74, 6) is 0. The fraction of sp³-hybridized carbons (Fsp3) is 0.750. The van der Waals surface area contributed by atoms with Crippen LogP contribution in [0.2, 0.25) is 0 Å². The largest absolute Gasteiger partial charge is 0.317 e. The first-order chi connectivity index (χ1) is 8.95. The highest BCUT2D eigenvalue weighted by atomic mass is 32.2. The predicted molar refractivity (Wildman–Crippen MR) is 76.9 cm³/mol. The fourth-order valence-corrected chi connectivity index (χ4v) is 5.24. The zero-order valence-electron chi connectivity index (χ0n) is 11.6. The first-order valence-electron chi connectivity index (χ1n) is 6.53. The van der Waals surface area contributed by atoms with E-state index in [2.05, 4.69) is 10.3 Å². The van der Waals surface area contributed by atoms with Crippen LogP contribution in [0.5, 0.6) is 0 Å². The molecule has 0 amide bonds. The van der Waals surface area contributed by atoms with Crippen molar-refractivity contribution in [3.05, 3.63) is 11.2 Å². The van der Waals surface area contributed by atoms with Gasteiger partial charge >= 0.3 is 0 Å². The molecule has 1 heterocycles. The SMILES string of the molecule is CNC1CCC(N(C)S(=O)(=O)c2cnc(C)s2)CC1. The summed E-state index contributed by atoms with van der Waals surface area (Å²) >= 11 is 1.24. The smallest absolute Gasteiger partial charge is 0.254 e. The number of nitrogens with one attached hydrogen (secondary N) is 1. The van der Waals surface area contributed by atoms with E-state index in [4.69, 9.17) is 0 Å².